The molecule has 1 heterocycles. The van der Waals surface area contributed by atoms with Crippen LogP contribution in [0, 0.1) is 6.92 Å². The molecule has 0 saturated heterocycles. The van der Waals surface area contributed by atoms with E-state index in [1.54, 1.807) is 32.0 Å². The zero-order valence-electron chi connectivity index (χ0n) is 12.6. The maximum atomic E-state index is 12.3. The third-order valence-electron chi connectivity index (χ3n) is 2.83. The van der Waals surface area contributed by atoms with Crippen molar-refractivity contribution in [2.45, 2.75) is 25.2 Å². The first kappa shape index (κ1) is 17.8. The highest BCUT2D eigenvalue weighted by Crippen LogP contribution is 2.35. The smallest absolute Gasteiger partial charge is 0.339 e. The van der Waals surface area contributed by atoms with E-state index in [-0.39, 0.29) is 22.1 Å². The van der Waals surface area contributed by atoms with Crippen molar-refractivity contribution in [3.8, 4) is 11.5 Å². The van der Waals surface area contributed by atoms with Gasteiger partial charge in [-0.3, -0.25) is 0 Å². The lowest BCUT2D eigenvalue weighted by molar-refractivity contribution is 0.451. The van der Waals surface area contributed by atoms with E-state index in [9.17, 15) is 16.8 Å². The normalized spacial score (nSPS) is 12.1. The van der Waals surface area contributed by atoms with Crippen LogP contribution in [0.2, 0.25) is 0 Å². The number of benzene rings is 1. The quantitative estimate of drug-likeness (QED) is 0.691. The first-order valence-corrected chi connectivity index (χ1v) is 10.7. The Balaban J connectivity index is 2.29. The second-order valence-corrected chi connectivity index (χ2v) is 8.70. The molecule has 0 amide bonds. The molecule has 0 fully saturated rings. The zero-order chi connectivity index (χ0) is 17.1. The summed E-state index contributed by atoms with van der Waals surface area (Å²) in [4.78, 5) is 0.0218. The number of hydrogen-bond donors (Lipinski definition) is 0. The fraction of sp³-hybridized carbons (Fsp3) is 0.286. The summed E-state index contributed by atoms with van der Waals surface area (Å²) in [6, 6.07) is 6.36. The topological polar surface area (TPSA) is 86.7 Å². The highest BCUT2D eigenvalue weighted by molar-refractivity contribution is 7.87. The molecular formula is C14H16O6S3. The van der Waals surface area contributed by atoms with Gasteiger partial charge in [0.05, 0.1) is 5.75 Å². The van der Waals surface area contributed by atoms with Gasteiger partial charge in [-0.05, 0) is 25.0 Å². The minimum absolute atomic E-state index is 0.0218. The number of aryl methyl sites for hydroxylation is 1. The Kier molecular flexibility index (Phi) is 5.33. The molecule has 6 nitrogen and oxygen atoms in total. The van der Waals surface area contributed by atoms with Gasteiger partial charge in [-0.1, -0.05) is 25.1 Å². The molecule has 1 aromatic carbocycles. The first-order valence-electron chi connectivity index (χ1n) is 6.73. The van der Waals surface area contributed by atoms with Crippen LogP contribution in [-0.2, 0) is 20.2 Å². The summed E-state index contributed by atoms with van der Waals surface area (Å²) in [5.41, 5.74) is 0.531. The Bertz CT molecular complexity index is 881. The third kappa shape index (κ3) is 4.46. The van der Waals surface area contributed by atoms with Gasteiger partial charge in [-0.2, -0.15) is 16.8 Å². The van der Waals surface area contributed by atoms with Crippen LogP contribution in [0.25, 0.3) is 0 Å². The lowest BCUT2D eigenvalue weighted by Crippen LogP contribution is -2.15. The number of thiophene rings is 1. The van der Waals surface area contributed by atoms with Crippen molar-refractivity contribution in [1.29, 1.82) is 0 Å². The van der Waals surface area contributed by atoms with Gasteiger partial charge in [0.25, 0.3) is 0 Å². The lowest BCUT2D eigenvalue weighted by atomic mass is 10.2. The Hall–Kier alpha value is -1.58. The van der Waals surface area contributed by atoms with Crippen LogP contribution in [0.15, 0.2) is 39.9 Å². The monoisotopic (exact) mass is 376 g/mol. The second kappa shape index (κ2) is 6.90. The molecule has 0 N–H and O–H groups in total. The zero-order valence-corrected chi connectivity index (χ0v) is 15.0. The summed E-state index contributed by atoms with van der Waals surface area (Å²) >= 11 is 1.09. The molecule has 2 aromatic rings. The molecule has 126 valence electrons. The molecule has 0 radical (unpaired) electrons. The van der Waals surface area contributed by atoms with Crippen LogP contribution in [-0.4, -0.2) is 22.6 Å². The van der Waals surface area contributed by atoms with Crippen LogP contribution in [0.4, 0.5) is 0 Å². The van der Waals surface area contributed by atoms with Gasteiger partial charge in [0, 0.05) is 10.8 Å². The predicted octanol–water partition coefficient (Wildman–Crippen LogP) is 2.94. The van der Waals surface area contributed by atoms with E-state index in [0.29, 0.717) is 12.0 Å². The number of hydrogen-bond acceptors (Lipinski definition) is 7. The van der Waals surface area contributed by atoms with Gasteiger partial charge in [0.15, 0.2) is 11.5 Å². The van der Waals surface area contributed by atoms with E-state index in [4.69, 9.17) is 8.37 Å². The minimum atomic E-state index is -4.07. The van der Waals surface area contributed by atoms with E-state index in [2.05, 4.69) is 0 Å². The third-order valence-corrected chi connectivity index (χ3v) is 6.26. The highest BCUT2D eigenvalue weighted by Gasteiger charge is 2.23. The Morgan fingerprint density at radius 3 is 2.22 bits per heavy atom. The van der Waals surface area contributed by atoms with Gasteiger partial charge in [-0.15, -0.1) is 11.3 Å². The summed E-state index contributed by atoms with van der Waals surface area (Å²) in [6.45, 7) is 3.35. The summed E-state index contributed by atoms with van der Waals surface area (Å²) in [5.74, 6) is -0.425. The van der Waals surface area contributed by atoms with E-state index >= 15 is 0 Å². The lowest BCUT2D eigenvalue weighted by Gasteiger charge is -2.10. The van der Waals surface area contributed by atoms with Gasteiger partial charge in [0.2, 0.25) is 0 Å². The Labute approximate surface area is 139 Å². The second-order valence-electron chi connectivity index (χ2n) is 4.75. The Morgan fingerprint density at radius 1 is 1.00 bits per heavy atom. The fourth-order valence-corrected chi connectivity index (χ4v) is 4.74. The molecule has 0 saturated carbocycles. The molecule has 9 heteroatoms. The van der Waals surface area contributed by atoms with Gasteiger partial charge in [-0.25, -0.2) is 0 Å². The van der Waals surface area contributed by atoms with Crippen LogP contribution in [0.5, 0.6) is 11.5 Å². The minimum Gasteiger partial charge on any atom is -0.377 e. The van der Waals surface area contributed by atoms with Crippen LogP contribution >= 0.6 is 11.3 Å². The van der Waals surface area contributed by atoms with E-state index in [1.165, 1.54) is 16.8 Å². The molecule has 0 bridgehead atoms. The summed E-state index contributed by atoms with van der Waals surface area (Å²) < 4.78 is 58.1. The van der Waals surface area contributed by atoms with E-state index < -0.39 is 20.2 Å². The van der Waals surface area contributed by atoms with Crippen molar-refractivity contribution in [1.82, 2.24) is 0 Å². The van der Waals surface area contributed by atoms with Gasteiger partial charge < -0.3 is 8.37 Å². The fourth-order valence-electron chi connectivity index (χ4n) is 1.82. The van der Waals surface area contributed by atoms with E-state index in [1.807, 2.05) is 0 Å². The van der Waals surface area contributed by atoms with Gasteiger partial charge in [0.1, 0.15) is 4.90 Å². The molecule has 0 aliphatic heterocycles. The molecule has 0 spiro atoms. The highest BCUT2D eigenvalue weighted by atomic mass is 32.2. The molecule has 2 rings (SSSR count). The maximum Gasteiger partial charge on any atom is 0.339 e. The summed E-state index contributed by atoms with van der Waals surface area (Å²) in [6.07, 6.45) is 0.393. The average molecular weight is 376 g/mol. The van der Waals surface area contributed by atoms with Crippen LogP contribution in [0.3, 0.4) is 0 Å². The summed E-state index contributed by atoms with van der Waals surface area (Å²) in [7, 11) is -7.85. The first-order chi connectivity index (χ1) is 10.7. The van der Waals surface area contributed by atoms with Crippen molar-refractivity contribution in [2.24, 2.45) is 0 Å². The van der Waals surface area contributed by atoms with Crippen LogP contribution < -0.4 is 8.37 Å². The molecule has 0 unspecified atom stereocenters. The largest absolute Gasteiger partial charge is 0.377 e. The molecule has 0 aliphatic rings. The molecule has 1 aromatic heterocycles. The van der Waals surface area contributed by atoms with E-state index in [0.717, 1.165) is 11.3 Å². The maximum absolute atomic E-state index is 12.3. The predicted molar refractivity (Wildman–Crippen MR) is 88.0 cm³/mol. The Morgan fingerprint density at radius 2 is 1.61 bits per heavy atom. The summed E-state index contributed by atoms with van der Waals surface area (Å²) in [5, 5.41) is 2.77. The van der Waals surface area contributed by atoms with Crippen molar-refractivity contribution in [2.75, 3.05) is 5.75 Å². The van der Waals surface area contributed by atoms with Crippen LogP contribution in [0.1, 0.15) is 18.9 Å². The molecule has 0 aliphatic carbocycles. The van der Waals surface area contributed by atoms with Gasteiger partial charge >= 0.3 is 20.2 Å². The molecule has 23 heavy (non-hydrogen) atoms. The van der Waals surface area contributed by atoms with Crippen molar-refractivity contribution >= 4 is 31.6 Å². The van der Waals surface area contributed by atoms with Crippen molar-refractivity contribution < 1.29 is 25.2 Å². The standard InChI is InChI=1S/C14H16O6S3/c1-3-8-22(15,16)19-12-9-21-10-13(12)20-23(17,18)14-7-5-4-6-11(14)2/h4-7,9-10H,3,8H2,1-2H3. The SMILES string of the molecule is CCCS(=O)(=O)Oc1cscc1OS(=O)(=O)c1ccccc1C. The average Bonchev–Trinajstić information content (AvgIpc) is 2.84. The molecular weight excluding hydrogens is 360 g/mol. The molecule has 0 atom stereocenters. The van der Waals surface area contributed by atoms with Crippen molar-refractivity contribution in [3.05, 3.63) is 40.6 Å². The number of rotatable bonds is 7. The van der Waals surface area contributed by atoms with Crippen molar-refractivity contribution in [3.63, 3.8) is 0 Å².